The molecule has 5 nitrogen and oxygen atoms in total. The molecule has 0 spiro atoms. The third-order valence-corrected chi connectivity index (χ3v) is 5.81. The highest BCUT2D eigenvalue weighted by atomic mass is 35.5. The van der Waals surface area contributed by atoms with Crippen molar-refractivity contribution in [3.05, 3.63) is 70.1 Å². The smallest absolute Gasteiger partial charge is 0.348 e. The van der Waals surface area contributed by atoms with Gasteiger partial charge in [-0.1, -0.05) is 41.9 Å². The van der Waals surface area contributed by atoms with Crippen molar-refractivity contribution >= 4 is 51.5 Å². The molecule has 134 valence electrons. The summed E-state index contributed by atoms with van der Waals surface area (Å²) in [7, 11) is 0. The number of rotatable bonds is 5. The van der Waals surface area contributed by atoms with Crippen molar-refractivity contribution in [3.63, 3.8) is 0 Å². The highest BCUT2D eigenvalue weighted by molar-refractivity contribution is 7.81. The van der Waals surface area contributed by atoms with Gasteiger partial charge in [0.05, 0.1) is 22.6 Å². The van der Waals surface area contributed by atoms with E-state index in [0.717, 1.165) is 21.2 Å². The van der Waals surface area contributed by atoms with E-state index >= 15 is 0 Å². The second-order valence-corrected chi connectivity index (χ2v) is 7.73. The van der Waals surface area contributed by atoms with Gasteiger partial charge in [0.15, 0.2) is 0 Å². The van der Waals surface area contributed by atoms with Crippen molar-refractivity contribution in [2.75, 3.05) is 4.31 Å². The number of carbonyl (C=O) groups is 1. The van der Waals surface area contributed by atoms with Gasteiger partial charge in [0, 0.05) is 9.90 Å². The molecule has 1 unspecified atom stereocenters. The van der Waals surface area contributed by atoms with Gasteiger partial charge < -0.3 is 9.66 Å². The lowest BCUT2D eigenvalue weighted by atomic mass is 10.1. The SMILES string of the molecule is Cc1ccccc1N(c1cc(-c2cccc(Cl)c2)sc1C(=O)O)S(=O)[O-]. The van der Waals surface area contributed by atoms with Crippen LogP contribution in [0, 0.1) is 6.92 Å². The molecule has 0 bridgehead atoms. The topological polar surface area (TPSA) is 80.7 Å². The molecular formula is C18H13ClNO4S2-. The number of hydrogen-bond donors (Lipinski definition) is 1. The Morgan fingerprint density at radius 3 is 2.50 bits per heavy atom. The highest BCUT2D eigenvalue weighted by Gasteiger charge is 2.24. The fourth-order valence-electron chi connectivity index (χ4n) is 2.55. The lowest BCUT2D eigenvalue weighted by molar-refractivity contribution is 0.0703. The number of benzene rings is 2. The number of halogens is 1. The van der Waals surface area contributed by atoms with E-state index in [1.807, 2.05) is 0 Å². The molecule has 1 atom stereocenters. The Hall–Kier alpha value is -2.19. The van der Waals surface area contributed by atoms with Crippen LogP contribution in [0.25, 0.3) is 10.4 Å². The summed E-state index contributed by atoms with van der Waals surface area (Å²) >= 11 is 4.33. The minimum Gasteiger partial charge on any atom is -0.755 e. The predicted molar refractivity (Wildman–Crippen MR) is 104 cm³/mol. The second kappa shape index (κ2) is 7.59. The summed E-state index contributed by atoms with van der Waals surface area (Å²) in [6, 6.07) is 15.4. The lowest BCUT2D eigenvalue weighted by Crippen LogP contribution is -2.21. The second-order valence-electron chi connectivity index (χ2n) is 5.44. The van der Waals surface area contributed by atoms with Crippen LogP contribution in [0.4, 0.5) is 11.4 Å². The number of carboxylic acid groups (broad SMARTS) is 1. The summed E-state index contributed by atoms with van der Waals surface area (Å²) in [5, 5.41) is 10.1. The minimum absolute atomic E-state index is 0.0626. The molecule has 0 saturated carbocycles. The first-order valence-corrected chi connectivity index (χ1v) is 9.69. The fourth-order valence-corrected chi connectivity index (χ4v) is 4.45. The maximum absolute atomic E-state index is 11.9. The fraction of sp³-hybridized carbons (Fsp3) is 0.0556. The van der Waals surface area contributed by atoms with Crippen LogP contribution in [0.2, 0.25) is 5.02 Å². The molecule has 0 fully saturated rings. The summed E-state index contributed by atoms with van der Waals surface area (Å²) in [4.78, 5) is 12.3. The molecule has 0 aliphatic carbocycles. The van der Waals surface area contributed by atoms with E-state index in [2.05, 4.69) is 0 Å². The summed E-state index contributed by atoms with van der Waals surface area (Å²) < 4.78 is 24.9. The van der Waals surface area contributed by atoms with Gasteiger partial charge in [-0.05, 0) is 42.3 Å². The van der Waals surface area contributed by atoms with E-state index in [0.29, 0.717) is 21.2 Å². The monoisotopic (exact) mass is 406 g/mol. The Labute approximate surface area is 161 Å². The Morgan fingerprint density at radius 1 is 1.15 bits per heavy atom. The van der Waals surface area contributed by atoms with Crippen LogP contribution in [0.15, 0.2) is 54.6 Å². The molecule has 3 rings (SSSR count). The van der Waals surface area contributed by atoms with Gasteiger partial charge >= 0.3 is 5.97 Å². The molecule has 3 aromatic rings. The Morgan fingerprint density at radius 2 is 1.88 bits per heavy atom. The molecule has 2 aromatic carbocycles. The molecule has 0 saturated heterocycles. The van der Waals surface area contributed by atoms with E-state index in [-0.39, 0.29) is 10.6 Å². The maximum atomic E-state index is 11.9. The summed E-state index contributed by atoms with van der Waals surface area (Å²) in [5.74, 6) is -1.19. The van der Waals surface area contributed by atoms with Crippen molar-refractivity contribution in [2.24, 2.45) is 0 Å². The average molecular weight is 407 g/mol. The van der Waals surface area contributed by atoms with E-state index < -0.39 is 17.2 Å². The number of hydrogen-bond acceptors (Lipinski definition) is 4. The number of para-hydroxylation sites is 1. The van der Waals surface area contributed by atoms with Gasteiger partial charge in [-0.25, -0.2) is 4.79 Å². The third-order valence-electron chi connectivity index (χ3n) is 3.72. The zero-order valence-electron chi connectivity index (χ0n) is 13.5. The Balaban J connectivity index is 2.20. The Kier molecular flexibility index (Phi) is 5.43. The summed E-state index contributed by atoms with van der Waals surface area (Å²) in [5.41, 5.74) is 1.93. The molecule has 0 aliphatic rings. The van der Waals surface area contributed by atoms with Gasteiger partial charge in [0.25, 0.3) is 0 Å². The van der Waals surface area contributed by atoms with Crippen LogP contribution < -0.4 is 4.31 Å². The first kappa shape index (κ1) is 18.6. The zero-order chi connectivity index (χ0) is 18.8. The zero-order valence-corrected chi connectivity index (χ0v) is 15.9. The third kappa shape index (κ3) is 3.66. The minimum atomic E-state index is -2.69. The van der Waals surface area contributed by atoms with Crippen LogP contribution in [0.1, 0.15) is 15.2 Å². The van der Waals surface area contributed by atoms with Crippen LogP contribution >= 0.6 is 22.9 Å². The van der Waals surface area contributed by atoms with E-state index in [9.17, 15) is 18.7 Å². The standard InChI is InChI=1S/C18H14ClNO4S2/c1-11-5-2-3-8-14(11)20(26(23)24)15-10-16(25-17(15)18(21)22)12-6-4-7-13(19)9-12/h2-10H,1H3,(H,21,22)(H,23,24)/p-1. The van der Waals surface area contributed by atoms with Crippen molar-refractivity contribution < 1.29 is 18.7 Å². The molecule has 0 radical (unpaired) electrons. The number of anilines is 2. The maximum Gasteiger partial charge on any atom is 0.348 e. The lowest BCUT2D eigenvalue weighted by Gasteiger charge is -2.27. The van der Waals surface area contributed by atoms with E-state index in [1.165, 1.54) is 0 Å². The molecule has 8 heteroatoms. The first-order chi connectivity index (χ1) is 12.4. The van der Waals surface area contributed by atoms with Crippen LogP contribution in [-0.4, -0.2) is 19.8 Å². The first-order valence-electron chi connectivity index (χ1n) is 7.46. The van der Waals surface area contributed by atoms with Gasteiger partial charge in [-0.3, -0.25) is 8.51 Å². The molecule has 1 heterocycles. The normalized spacial score (nSPS) is 12.0. The predicted octanol–water partition coefficient (Wildman–Crippen LogP) is 5.01. The average Bonchev–Trinajstić information content (AvgIpc) is 3.02. The number of carboxylic acids is 1. The van der Waals surface area contributed by atoms with Crippen LogP contribution in [0.5, 0.6) is 0 Å². The van der Waals surface area contributed by atoms with E-state index in [4.69, 9.17) is 11.6 Å². The van der Waals surface area contributed by atoms with Gasteiger partial charge in [0.2, 0.25) is 0 Å². The quantitative estimate of drug-likeness (QED) is 0.604. The molecule has 1 aromatic heterocycles. The van der Waals surface area contributed by atoms with Crippen molar-refractivity contribution in [3.8, 4) is 10.4 Å². The van der Waals surface area contributed by atoms with Gasteiger partial charge in [-0.15, -0.1) is 11.3 Å². The molecular weight excluding hydrogens is 394 g/mol. The molecule has 1 N–H and O–H groups in total. The molecule has 0 aliphatic heterocycles. The van der Waals surface area contributed by atoms with E-state index in [1.54, 1.807) is 61.5 Å². The highest BCUT2D eigenvalue weighted by Crippen LogP contribution is 2.41. The summed E-state index contributed by atoms with van der Waals surface area (Å²) in [6.07, 6.45) is 0. The molecule has 0 amide bonds. The van der Waals surface area contributed by atoms with Crippen molar-refractivity contribution in [1.82, 2.24) is 0 Å². The van der Waals surface area contributed by atoms with Crippen molar-refractivity contribution in [2.45, 2.75) is 6.92 Å². The Bertz CT molecular complexity index is 1000. The summed E-state index contributed by atoms with van der Waals surface area (Å²) in [6.45, 7) is 1.76. The number of aromatic carboxylic acids is 1. The molecule has 26 heavy (non-hydrogen) atoms. The number of nitrogens with zero attached hydrogens (tertiary/aromatic N) is 1. The largest absolute Gasteiger partial charge is 0.755 e. The number of aryl methyl sites for hydroxylation is 1. The van der Waals surface area contributed by atoms with Crippen molar-refractivity contribution in [1.29, 1.82) is 0 Å². The van der Waals surface area contributed by atoms with Crippen LogP contribution in [0.3, 0.4) is 0 Å². The van der Waals surface area contributed by atoms with Crippen LogP contribution in [-0.2, 0) is 11.3 Å². The van der Waals surface area contributed by atoms with Gasteiger partial charge in [-0.2, -0.15) is 0 Å². The number of thiophene rings is 1. The van der Waals surface area contributed by atoms with Gasteiger partial charge in [0.1, 0.15) is 4.88 Å².